The number of hydrogen-bond donors (Lipinski definition) is 1. The molecule has 0 radical (unpaired) electrons. The van der Waals surface area contributed by atoms with Gasteiger partial charge in [-0.05, 0) is 47.5 Å². The SMILES string of the molecule is CCCN(CC)C(=O)c1cc(S)ccc1Br. The molecule has 16 heavy (non-hydrogen) atoms. The topological polar surface area (TPSA) is 20.3 Å². The van der Waals surface area contributed by atoms with Gasteiger partial charge >= 0.3 is 0 Å². The molecule has 1 aromatic rings. The second-order valence-corrected chi connectivity index (χ2v) is 4.92. The molecule has 0 atom stereocenters. The molecule has 0 aliphatic heterocycles. The number of rotatable bonds is 4. The number of thiol groups is 1. The minimum Gasteiger partial charge on any atom is -0.339 e. The van der Waals surface area contributed by atoms with Gasteiger partial charge in [0, 0.05) is 22.5 Å². The molecular formula is C12H16BrNOS. The summed E-state index contributed by atoms with van der Waals surface area (Å²) in [4.78, 5) is 14.8. The molecule has 0 unspecified atom stereocenters. The van der Waals surface area contributed by atoms with E-state index in [0.717, 1.165) is 28.9 Å². The average molecular weight is 302 g/mol. The largest absolute Gasteiger partial charge is 0.339 e. The van der Waals surface area contributed by atoms with Crippen molar-refractivity contribution in [3.8, 4) is 0 Å². The van der Waals surface area contributed by atoms with E-state index in [9.17, 15) is 4.79 Å². The summed E-state index contributed by atoms with van der Waals surface area (Å²) in [5.74, 6) is 0.0622. The predicted molar refractivity (Wildman–Crippen MR) is 73.3 cm³/mol. The van der Waals surface area contributed by atoms with Crippen LogP contribution in [0.4, 0.5) is 0 Å². The highest BCUT2D eigenvalue weighted by Gasteiger charge is 2.16. The van der Waals surface area contributed by atoms with Crippen LogP contribution in [0, 0.1) is 0 Å². The Morgan fingerprint density at radius 1 is 1.44 bits per heavy atom. The summed E-state index contributed by atoms with van der Waals surface area (Å²) in [5.41, 5.74) is 0.683. The lowest BCUT2D eigenvalue weighted by Gasteiger charge is -2.20. The first kappa shape index (κ1) is 13.6. The fourth-order valence-corrected chi connectivity index (χ4v) is 2.14. The maximum atomic E-state index is 12.2. The summed E-state index contributed by atoms with van der Waals surface area (Å²) >= 11 is 7.65. The molecule has 0 N–H and O–H groups in total. The Hall–Kier alpha value is -0.480. The lowest BCUT2D eigenvalue weighted by molar-refractivity contribution is 0.0763. The standard InChI is InChI=1S/C12H16BrNOS/c1-3-7-14(4-2)12(15)10-8-9(16)5-6-11(10)13/h5-6,8,16H,3-4,7H2,1-2H3. The first-order chi connectivity index (χ1) is 7.60. The molecule has 0 saturated heterocycles. The molecule has 1 rings (SSSR count). The first-order valence-corrected chi connectivity index (χ1v) is 6.62. The van der Waals surface area contributed by atoms with Gasteiger partial charge in [0.2, 0.25) is 0 Å². The molecule has 1 aromatic carbocycles. The third-order valence-electron chi connectivity index (χ3n) is 2.34. The van der Waals surface area contributed by atoms with Gasteiger partial charge in [-0.1, -0.05) is 6.92 Å². The summed E-state index contributed by atoms with van der Waals surface area (Å²) in [7, 11) is 0. The Morgan fingerprint density at radius 3 is 2.69 bits per heavy atom. The van der Waals surface area contributed by atoms with Crippen LogP contribution in [0.15, 0.2) is 27.6 Å². The second kappa shape index (κ2) is 6.30. The highest BCUT2D eigenvalue weighted by Crippen LogP contribution is 2.21. The summed E-state index contributed by atoms with van der Waals surface area (Å²) in [5, 5.41) is 0. The minimum atomic E-state index is 0.0622. The van der Waals surface area contributed by atoms with Crippen LogP contribution in [0.25, 0.3) is 0 Å². The van der Waals surface area contributed by atoms with Gasteiger partial charge in [0.1, 0.15) is 0 Å². The van der Waals surface area contributed by atoms with Crippen molar-refractivity contribution < 1.29 is 4.79 Å². The summed E-state index contributed by atoms with van der Waals surface area (Å²) in [6, 6.07) is 5.52. The smallest absolute Gasteiger partial charge is 0.255 e. The van der Waals surface area contributed by atoms with Gasteiger partial charge in [-0.2, -0.15) is 0 Å². The maximum Gasteiger partial charge on any atom is 0.255 e. The Labute approximate surface area is 111 Å². The fraction of sp³-hybridized carbons (Fsp3) is 0.417. The van der Waals surface area contributed by atoms with E-state index < -0.39 is 0 Å². The molecule has 2 nitrogen and oxygen atoms in total. The van der Waals surface area contributed by atoms with E-state index >= 15 is 0 Å². The van der Waals surface area contributed by atoms with Crippen LogP contribution in [0.1, 0.15) is 30.6 Å². The molecule has 0 aliphatic carbocycles. The highest BCUT2D eigenvalue weighted by atomic mass is 79.9. The number of hydrogen-bond acceptors (Lipinski definition) is 2. The third kappa shape index (κ3) is 3.25. The molecule has 0 aliphatic rings. The van der Waals surface area contributed by atoms with Crippen molar-refractivity contribution >= 4 is 34.5 Å². The molecule has 0 bridgehead atoms. The zero-order valence-electron chi connectivity index (χ0n) is 9.53. The van der Waals surface area contributed by atoms with E-state index in [1.165, 1.54) is 0 Å². The number of halogens is 1. The van der Waals surface area contributed by atoms with Crippen LogP contribution in [0.2, 0.25) is 0 Å². The first-order valence-electron chi connectivity index (χ1n) is 5.38. The van der Waals surface area contributed by atoms with Crippen LogP contribution in [-0.4, -0.2) is 23.9 Å². The molecular weight excluding hydrogens is 286 g/mol. The van der Waals surface area contributed by atoms with Gasteiger partial charge < -0.3 is 4.90 Å². The Morgan fingerprint density at radius 2 is 2.12 bits per heavy atom. The zero-order valence-corrected chi connectivity index (χ0v) is 12.0. The van der Waals surface area contributed by atoms with E-state index in [0.29, 0.717) is 5.56 Å². The van der Waals surface area contributed by atoms with Crippen molar-refractivity contribution in [3.63, 3.8) is 0 Å². The maximum absolute atomic E-state index is 12.2. The van der Waals surface area contributed by atoms with Gasteiger partial charge in [-0.3, -0.25) is 4.79 Å². The van der Waals surface area contributed by atoms with E-state index in [4.69, 9.17) is 0 Å². The minimum absolute atomic E-state index is 0.0622. The van der Waals surface area contributed by atoms with Crippen molar-refractivity contribution in [3.05, 3.63) is 28.2 Å². The Balaban J connectivity index is 2.98. The number of carbonyl (C=O) groups excluding carboxylic acids is 1. The van der Waals surface area contributed by atoms with Gasteiger partial charge in [-0.15, -0.1) is 12.6 Å². The van der Waals surface area contributed by atoms with Crippen molar-refractivity contribution in [2.75, 3.05) is 13.1 Å². The van der Waals surface area contributed by atoms with E-state index in [2.05, 4.69) is 35.5 Å². The quantitative estimate of drug-likeness (QED) is 0.843. The molecule has 0 saturated carbocycles. The van der Waals surface area contributed by atoms with Crippen molar-refractivity contribution in [2.45, 2.75) is 25.2 Å². The summed E-state index contributed by atoms with van der Waals surface area (Å²) in [6.07, 6.45) is 0.970. The Kier molecular flexibility index (Phi) is 5.35. The lowest BCUT2D eigenvalue weighted by atomic mass is 10.2. The highest BCUT2D eigenvalue weighted by molar-refractivity contribution is 9.10. The average Bonchev–Trinajstić information content (AvgIpc) is 2.28. The van der Waals surface area contributed by atoms with Gasteiger partial charge in [0.15, 0.2) is 0 Å². The molecule has 4 heteroatoms. The fourth-order valence-electron chi connectivity index (χ4n) is 1.52. The number of benzene rings is 1. The normalized spacial score (nSPS) is 10.2. The summed E-state index contributed by atoms with van der Waals surface area (Å²) in [6.45, 7) is 5.58. The van der Waals surface area contributed by atoms with Crippen LogP contribution >= 0.6 is 28.6 Å². The van der Waals surface area contributed by atoms with Gasteiger partial charge in [-0.25, -0.2) is 0 Å². The Bertz CT molecular complexity index is 381. The monoisotopic (exact) mass is 301 g/mol. The molecule has 88 valence electrons. The van der Waals surface area contributed by atoms with Crippen LogP contribution in [0.5, 0.6) is 0 Å². The van der Waals surface area contributed by atoms with Crippen LogP contribution in [-0.2, 0) is 0 Å². The number of carbonyl (C=O) groups is 1. The van der Waals surface area contributed by atoms with Gasteiger partial charge in [0.25, 0.3) is 5.91 Å². The van der Waals surface area contributed by atoms with E-state index in [-0.39, 0.29) is 5.91 Å². The van der Waals surface area contributed by atoms with E-state index in [1.807, 2.05) is 24.0 Å². The molecule has 0 spiro atoms. The number of nitrogens with zero attached hydrogens (tertiary/aromatic N) is 1. The molecule has 1 amide bonds. The van der Waals surface area contributed by atoms with E-state index in [1.54, 1.807) is 6.07 Å². The summed E-state index contributed by atoms with van der Waals surface area (Å²) < 4.78 is 0.824. The van der Waals surface area contributed by atoms with Crippen LogP contribution < -0.4 is 0 Å². The lowest BCUT2D eigenvalue weighted by Crippen LogP contribution is -2.31. The predicted octanol–water partition coefficient (Wildman–Crippen LogP) is 3.61. The zero-order chi connectivity index (χ0) is 12.1. The second-order valence-electron chi connectivity index (χ2n) is 3.55. The van der Waals surface area contributed by atoms with Crippen molar-refractivity contribution in [2.24, 2.45) is 0 Å². The number of amides is 1. The van der Waals surface area contributed by atoms with Gasteiger partial charge in [0.05, 0.1) is 5.56 Å². The van der Waals surface area contributed by atoms with Crippen LogP contribution in [0.3, 0.4) is 0 Å². The third-order valence-corrected chi connectivity index (χ3v) is 3.31. The molecule has 0 aromatic heterocycles. The van der Waals surface area contributed by atoms with Crippen molar-refractivity contribution in [1.82, 2.24) is 4.90 Å². The van der Waals surface area contributed by atoms with Crippen molar-refractivity contribution in [1.29, 1.82) is 0 Å². The molecule has 0 fully saturated rings. The molecule has 0 heterocycles.